The number of amides is 2. The van der Waals surface area contributed by atoms with Gasteiger partial charge >= 0.3 is 0 Å². The van der Waals surface area contributed by atoms with Crippen LogP contribution in [0.5, 0.6) is 0 Å². The summed E-state index contributed by atoms with van der Waals surface area (Å²) in [7, 11) is 0. The van der Waals surface area contributed by atoms with Crippen LogP contribution in [0.3, 0.4) is 0 Å². The predicted molar refractivity (Wildman–Crippen MR) is 57.3 cm³/mol. The lowest BCUT2D eigenvalue weighted by Gasteiger charge is -2.21. The molecule has 82 valence electrons. The Hall–Kier alpha value is -1.63. The largest absolute Gasteiger partial charge is 0.375 e. The van der Waals surface area contributed by atoms with E-state index in [0.717, 1.165) is 11.3 Å². The Morgan fingerprint density at radius 1 is 1.53 bits per heavy atom. The lowest BCUT2D eigenvalue weighted by atomic mass is 10.1. The second-order valence-corrected chi connectivity index (χ2v) is 4.40. The number of thiazole rings is 1. The van der Waals surface area contributed by atoms with Gasteiger partial charge in [-0.15, -0.1) is 11.3 Å². The molecule has 15 heavy (non-hydrogen) atoms. The zero-order valence-electron chi connectivity index (χ0n) is 8.40. The predicted octanol–water partition coefficient (Wildman–Crippen LogP) is -0.281. The molecule has 0 fully saturated rings. The van der Waals surface area contributed by atoms with Crippen LogP contribution in [0.15, 0.2) is 5.38 Å². The Labute approximate surface area is 90.7 Å². The number of primary amides is 1. The van der Waals surface area contributed by atoms with E-state index in [2.05, 4.69) is 10.3 Å². The number of carbonyl (C=O) groups is 2. The van der Waals surface area contributed by atoms with Gasteiger partial charge < -0.3 is 16.8 Å². The molecule has 0 saturated carbocycles. The van der Waals surface area contributed by atoms with Crippen LogP contribution in [-0.2, 0) is 4.79 Å². The Balaban J connectivity index is 2.76. The van der Waals surface area contributed by atoms with E-state index in [0.29, 0.717) is 5.13 Å². The molecule has 0 aromatic carbocycles. The summed E-state index contributed by atoms with van der Waals surface area (Å²) in [6.07, 6.45) is 0. The average Bonchev–Trinajstić information content (AvgIpc) is 2.50. The number of carbonyl (C=O) groups excluding carboxylic acids is 2. The molecule has 2 amide bonds. The topological polar surface area (TPSA) is 111 Å². The van der Waals surface area contributed by atoms with Gasteiger partial charge in [0.2, 0.25) is 5.91 Å². The number of rotatable bonds is 3. The SMILES string of the molecule is CC(C)(NC(=O)c1csc(N)n1)C(N)=O. The third-order valence-electron chi connectivity index (χ3n) is 1.80. The normalized spacial score (nSPS) is 11.1. The molecule has 0 bridgehead atoms. The Kier molecular flexibility index (Phi) is 2.94. The molecule has 0 atom stereocenters. The molecule has 5 N–H and O–H groups in total. The fraction of sp³-hybridized carbons (Fsp3) is 0.375. The number of hydrogen-bond donors (Lipinski definition) is 3. The van der Waals surface area contributed by atoms with E-state index in [1.165, 1.54) is 19.2 Å². The maximum atomic E-state index is 11.5. The number of aromatic nitrogens is 1. The second-order valence-electron chi connectivity index (χ2n) is 3.51. The van der Waals surface area contributed by atoms with Crippen LogP contribution in [0.25, 0.3) is 0 Å². The second kappa shape index (κ2) is 3.85. The van der Waals surface area contributed by atoms with Gasteiger partial charge in [0.25, 0.3) is 5.91 Å². The summed E-state index contributed by atoms with van der Waals surface area (Å²) in [6.45, 7) is 3.03. The maximum absolute atomic E-state index is 11.5. The van der Waals surface area contributed by atoms with Crippen molar-refractivity contribution in [3.63, 3.8) is 0 Å². The van der Waals surface area contributed by atoms with Crippen LogP contribution in [0, 0.1) is 0 Å². The molecule has 0 aliphatic rings. The van der Waals surface area contributed by atoms with Crippen molar-refractivity contribution in [1.29, 1.82) is 0 Å². The number of nitrogens with one attached hydrogen (secondary N) is 1. The fourth-order valence-electron chi connectivity index (χ4n) is 0.801. The lowest BCUT2D eigenvalue weighted by molar-refractivity contribution is -0.122. The standard InChI is InChI=1S/C8H12N4O2S/c1-8(2,6(9)14)12-5(13)4-3-15-7(10)11-4/h3H,1-2H3,(H2,9,14)(H2,10,11)(H,12,13). The highest BCUT2D eigenvalue weighted by Gasteiger charge is 2.27. The van der Waals surface area contributed by atoms with Crippen molar-refractivity contribution in [2.45, 2.75) is 19.4 Å². The minimum Gasteiger partial charge on any atom is -0.375 e. The zero-order chi connectivity index (χ0) is 11.6. The summed E-state index contributed by atoms with van der Waals surface area (Å²) >= 11 is 1.16. The van der Waals surface area contributed by atoms with Crippen LogP contribution in [-0.4, -0.2) is 22.3 Å². The van der Waals surface area contributed by atoms with Crippen LogP contribution in [0.2, 0.25) is 0 Å². The summed E-state index contributed by atoms with van der Waals surface area (Å²) in [4.78, 5) is 26.3. The van der Waals surface area contributed by atoms with Gasteiger partial charge in [0, 0.05) is 5.38 Å². The first kappa shape index (κ1) is 11.4. The first-order valence-electron chi connectivity index (χ1n) is 4.16. The Morgan fingerprint density at radius 2 is 2.13 bits per heavy atom. The van der Waals surface area contributed by atoms with Gasteiger partial charge in [0.05, 0.1) is 0 Å². The first-order valence-corrected chi connectivity index (χ1v) is 5.04. The monoisotopic (exact) mass is 228 g/mol. The van der Waals surface area contributed by atoms with Crippen LogP contribution >= 0.6 is 11.3 Å². The number of nitrogens with zero attached hydrogens (tertiary/aromatic N) is 1. The Bertz CT molecular complexity index is 399. The molecular formula is C8H12N4O2S. The zero-order valence-corrected chi connectivity index (χ0v) is 9.22. The smallest absolute Gasteiger partial charge is 0.271 e. The number of nitrogen functional groups attached to an aromatic ring is 1. The lowest BCUT2D eigenvalue weighted by Crippen LogP contribution is -2.53. The highest BCUT2D eigenvalue weighted by atomic mass is 32.1. The molecule has 1 rings (SSSR count). The van der Waals surface area contributed by atoms with Crippen molar-refractivity contribution < 1.29 is 9.59 Å². The van der Waals surface area contributed by atoms with E-state index in [1.807, 2.05) is 0 Å². The molecule has 1 aromatic rings. The van der Waals surface area contributed by atoms with Gasteiger partial charge in [0.15, 0.2) is 5.13 Å². The minimum absolute atomic E-state index is 0.187. The Morgan fingerprint density at radius 3 is 2.53 bits per heavy atom. The number of anilines is 1. The summed E-state index contributed by atoms with van der Waals surface area (Å²) in [5.74, 6) is -1.08. The highest BCUT2D eigenvalue weighted by Crippen LogP contribution is 2.12. The van der Waals surface area contributed by atoms with Crippen LogP contribution < -0.4 is 16.8 Å². The molecule has 0 saturated heterocycles. The van der Waals surface area contributed by atoms with Crippen LogP contribution in [0.1, 0.15) is 24.3 Å². The maximum Gasteiger partial charge on any atom is 0.271 e. The molecule has 1 aromatic heterocycles. The van der Waals surface area contributed by atoms with E-state index in [1.54, 1.807) is 0 Å². The molecule has 0 aliphatic carbocycles. The molecule has 0 unspecified atom stereocenters. The third kappa shape index (κ3) is 2.66. The molecule has 0 spiro atoms. The van der Waals surface area contributed by atoms with E-state index < -0.39 is 17.4 Å². The molecule has 6 nitrogen and oxygen atoms in total. The summed E-state index contributed by atoms with van der Waals surface area (Å²) in [6, 6.07) is 0. The van der Waals surface area contributed by atoms with Gasteiger partial charge in [-0.05, 0) is 13.8 Å². The number of hydrogen-bond acceptors (Lipinski definition) is 5. The van der Waals surface area contributed by atoms with Gasteiger partial charge in [-0.3, -0.25) is 9.59 Å². The number of nitrogens with two attached hydrogens (primary N) is 2. The van der Waals surface area contributed by atoms with E-state index in [9.17, 15) is 9.59 Å². The van der Waals surface area contributed by atoms with E-state index >= 15 is 0 Å². The molecule has 0 radical (unpaired) electrons. The molecule has 7 heteroatoms. The highest BCUT2D eigenvalue weighted by molar-refractivity contribution is 7.13. The first-order chi connectivity index (χ1) is 6.83. The van der Waals surface area contributed by atoms with Gasteiger partial charge in [-0.1, -0.05) is 0 Å². The van der Waals surface area contributed by atoms with Crippen molar-refractivity contribution in [2.24, 2.45) is 5.73 Å². The third-order valence-corrected chi connectivity index (χ3v) is 2.47. The molecule has 0 aliphatic heterocycles. The van der Waals surface area contributed by atoms with Crippen molar-refractivity contribution in [3.8, 4) is 0 Å². The summed E-state index contributed by atoms with van der Waals surface area (Å²) < 4.78 is 0. The van der Waals surface area contributed by atoms with Gasteiger partial charge in [-0.2, -0.15) is 0 Å². The summed E-state index contributed by atoms with van der Waals surface area (Å²) in [5.41, 5.74) is 9.57. The molecular weight excluding hydrogens is 216 g/mol. The van der Waals surface area contributed by atoms with Crippen LogP contribution in [0.4, 0.5) is 5.13 Å². The van der Waals surface area contributed by atoms with E-state index in [4.69, 9.17) is 11.5 Å². The minimum atomic E-state index is -1.10. The van der Waals surface area contributed by atoms with Gasteiger partial charge in [0.1, 0.15) is 11.2 Å². The summed E-state index contributed by atoms with van der Waals surface area (Å²) in [5, 5.41) is 4.28. The fourth-order valence-corrected chi connectivity index (χ4v) is 1.34. The van der Waals surface area contributed by atoms with Crippen molar-refractivity contribution in [3.05, 3.63) is 11.1 Å². The average molecular weight is 228 g/mol. The van der Waals surface area contributed by atoms with Crippen molar-refractivity contribution in [2.75, 3.05) is 5.73 Å². The molecule has 1 heterocycles. The quantitative estimate of drug-likeness (QED) is 0.660. The van der Waals surface area contributed by atoms with Gasteiger partial charge in [-0.25, -0.2) is 4.98 Å². The van der Waals surface area contributed by atoms with E-state index in [-0.39, 0.29) is 5.69 Å². The van der Waals surface area contributed by atoms with Crippen molar-refractivity contribution in [1.82, 2.24) is 10.3 Å². The van der Waals surface area contributed by atoms with Crippen molar-refractivity contribution >= 4 is 28.3 Å².